The highest BCUT2D eigenvalue weighted by molar-refractivity contribution is 7.99. The van der Waals surface area contributed by atoms with Crippen LogP contribution in [0.25, 0.3) is 16.0 Å². The molecule has 0 aliphatic carbocycles. The molecule has 0 unspecified atom stereocenters. The molecule has 3 aromatic heterocycles. The van der Waals surface area contributed by atoms with Gasteiger partial charge in [-0.05, 0) is 48.4 Å². The maximum Gasteiger partial charge on any atom is 0.272 e. The first-order valence-electron chi connectivity index (χ1n) is 10.6. The molecular weight excluding hydrogens is 446 g/mol. The maximum absolute atomic E-state index is 13.1. The topological polar surface area (TPSA) is 90.5 Å². The lowest BCUT2D eigenvalue weighted by molar-refractivity contribution is -0.113. The molecule has 1 N–H and O–H groups in total. The van der Waals surface area contributed by atoms with E-state index >= 15 is 0 Å². The fraction of sp³-hybridized carbons (Fsp3) is 0.364. The van der Waals surface area contributed by atoms with Crippen molar-refractivity contribution in [3.63, 3.8) is 0 Å². The molecule has 32 heavy (non-hydrogen) atoms. The average molecular weight is 470 g/mol. The molecule has 8 nitrogen and oxygen atoms in total. The third-order valence-electron chi connectivity index (χ3n) is 5.57. The van der Waals surface area contributed by atoms with Crippen molar-refractivity contribution in [3.05, 3.63) is 51.6 Å². The van der Waals surface area contributed by atoms with Crippen LogP contribution in [0.1, 0.15) is 25.3 Å². The number of anilines is 1. The Morgan fingerprint density at radius 3 is 2.88 bits per heavy atom. The largest absolute Gasteiger partial charge is 0.376 e. The summed E-state index contributed by atoms with van der Waals surface area (Å²) in [6.45, 7) is 3.27. The number of nitrogens with zero attached hydrogens (tertiary/aromatic N) is 4. The average Bonchev–Trinajstić information content (AvgIpc) is 3.56. The number of hydrogen-bond donors (Lipinski definition) is 1. The molecule has 0 bridgehead atoms. The van der Waals surface area contributed by atoms with E-state index in [1.54, 1.807) is 4.57 Å². The number of aromatic nitrogens is 4. The Balaban J connectivity index is 1.40. The quantitative estimate of drug-likeness (QED) is 0.416. The van der Waals surface area contributed by atoms with E-state index in [-0.39, 0.29) is 23.3 Å². The number of thioether (sulfide) groups is 1. The summed E-state index contributed by atoms with van der Waals surface area (Å²) in [5, 5.41) is 14.0. The minimum absolute atomic E-state index is 0.00610. The number of carbonyl (C=O) groups excluding carboxylic acids is 1. The number of amides is 1. The van der Waals surface area contributed by atoms with Gasteiger partial charge in [-0.2, -0.15) is 0 Å². The fourth-order valence-corrected chi connectivity index (χ4v) is 5.46. The maximum atomic E-state index is 13.1. The van der Waals surface area contributed by atoms with Crippen molar-refractivity contribution in [2.45, 2.75) is 44.0 Å². The fourth-order valence-electron chi connectivity index (χ4n) is 3.90. The lowest BCUT2D eigenvalue weighted by atomic mass is 10.1. The highest BCUT2D eigenvalue weighted by Gasteiger charge is 2.22. The molecule has 166 valence electrons. The summed E-state index contributed by atoms with van der Waals surface area (Å²) in [5.74, 6) is 0.548. The first-order valence-corrected chi connectivity index (χ1v) is 12.5. The summed E-state index contributed by atoms with van der Waals surface area (Å²) in [6, 6.07) is 9.73. The van der Waals surface area contributed by atoms with E-state index in [0.717, 1.165) is 37.1 Å². The first kappa shape index (κ1) is 21.2. The molecule has 4 heterocycles. The third-order valence-corrected chi connectivity index (χ3v) is 7.39. The van der Waals surface area contributed by atoms with E-state index in [1.165, 1.54) is 28.7 Å². The van der Waals surface area contributed by atoms with E-state index in [1.807, 2.05) is 40.1 Å². The smallest absolute Gasteiger partial charge is 0.272 e. The Morgan fingerprint density at radius 2 is 2.12 bits per heavy atom. The zero-order valence-corrected chi connectivity index (χ0v) is 19.2. The van der Waals surface area contributed by atoms with Gasteiger partial charge in [0.25, 0.3) is 5.56 Å². The predicted molar refractivity (Wildman–Crippen MR) is 127 cm³/mol. The molecule has 0 spiro atoms. The summed E-state index contributed by atoms with van der Waals surface area (Å²) in [4.78, 5) is 25.6. The van der Waals surface area contributed by atoms with Gasteiger partial charge in [-0.15, -0.1) is 21.5 Å². The van der Waals surface area contributed by atoms with Gasteiger partial charge in [0.2, 0.25) is 11.7 Å². The molecule has 4 aromatic rings. The van der Waals surface area contributed by atoms with Gasteiger partial charge in [0.15, 0.2) is 5.16 Å². The number of hydrogen-bond acceptors (Lipinski definition) is 7. The molecule has 1 amide bonds. The lowest BCUT2D eigenvalue weighted by Gasteiger charge is -2.13. The van der Waals surface area contributed by atoms with Crippen molar-refractivity contribution in [3.8, 4) is 0 Å². The van der Waals surface area contributed by atoms with E-state index < -0.39 is 0 Å². The number of fused-ring (bicyclic) bond motifs is 3. The monoisotopic (exact) mass is 469 g/mol. The summed E-state index contributed by atoms with van der Waals surface area (Å²) in [6.07, 6.45) is 2.89. The van der Waals surface area contributed by atoms with Crippen LogP contribution in [0.3, 0.4) is 0 Å². The van der Waals surface area contributed by atoms with E-state index in [0.29, 0.717) is 22.2 Å². The van der Waals surface area contributed by atoms with Crippen LogP contribution in [0.4, 0.5) is 5.69 Å². The van der Waals surface area contributed by atoms with Gasteiger partial charge in [-0.1, -0.05) is 30.8 Å². The Morgan fingerprint density at radius 1 is 1.28 bits per heavy atom. The van der Waals surface area contributed by atoms with Gasteiger partial charge in [0.05, 0.1) is 23.9 Å². The van der Waals surface area contributed by atoms with Gasteiger partial charge in [-0.3, -0.25) is 18.6 Å². The Labute approximate surface area is 192 Å². The summed E-state index contributed by atoms with van der Waals surface area (Å²) >= 11 is 2.71. The number of benzene rings is 1. The Bertz CT molecular complexity index is 1320. The van der Waals surface area contributed by atoms with Crippen molar-refractivity contribution in [2.24, 2.45) is 0 Å². The highest BCUT2D eigenvalue weighted by atomic mass is 32.2. The number of aryl methyl sites for hydroxylation is 1. The van der Waals surface area contributed by atoms with Crippen molar-refractivity contribution >= 4 is 50.7 Å². The second-order valence-electron chi connectivity index (χ2n) is 7.69. The molecule has 10 heteroatoms. The van der Waals surface area contributed by atoms with Crippen molar-refractivity contribution < 1.29 is 9.53 Å². The minimum atomic E-state index is -0.120. The number of nitrogens with one attached hydrogen (secondary N) is 1. The van der Waals surface area contributed by atoms with E-state index in [2.05, 4.69) is 22.4 Å². The summed E-state index contributed by atoms with van der Waals surface area (Å²) < 4.78 is 9.92. The number of rotatable bonds is 7. The van der Waals surface area contributed by atoms with Crippen LogP contribution in [-0.2, 0) is 22.5 Å². The van der Waals surface area contributed by atoms with E-state index in [9.17, 15) is 9.59 Å². The number of ether oxygens (including phenoxy) is 1. The van der Waals surface area contributed by atoms with Gasteiger partial charge < -0.3 is 10.1 Å². The zero-order chi connectivity index (χ0) is 22.1. The first-order chi connectivity index (χ1) is 15.6. The molecule has 1 aliphatic rings. The third kappa shape index (κ3) is 4.05. The molecule has 1 aromatic carbocycles. The van der Waals surface area contributed by atoms with Crippen LogP contribution in [0.5, 0.6) is 0 Å². The van der Waals surface area contributed by atoms with Gasteiger partial charge in [0, 0.05) is 12.3 Å². The van der Waals surface area contributed by atoms with E-state index in [4.69, 9.17) is 4.74 Å². The lowest BCUT2D eigenvalue weighted by Crippen LogP contribution is -2.28. The predicted octanol–water partition coefficient (Wildman–Crippen LogP) is 3.58. The second-order valence-corrected chi connectivity index (χ2v) is 9.55. The molecule has 1 fully saturated rings. The van der Waals surface area contributed by atoms with Crippen LogP contribution in [0.15, 0.2) is 45.7 Å². The van der Waals surface area contributed by atoms with Gasteiger partial charge >= 0.3 is 0 Å². The SMILES string of the molecule is CCc1ccc(NC(=O)CSc2nnc3n(C[C@@H]4CCCO4)c(=O)c4sccc4n23)cc1. The molecule has 5 rings (SSSR count). The standard InChI is InChI=1S/C22H23N5O3S2/c1-2-14-5-7-15(8-6-14)23-18(28)13-32-22-25-24-21-26(12-16-4-3-10-30-16)20(29)19-17(27(21)22)9-11-31-19/h5-9,11,16H,2-4,10,12-13H2,1H3,(H,23,28)/t16-/m0/s1. The van der Waals surface area contributed by atoms with Gasteiger partial charge in [-0.25, -0.2) is 0 Å². The van der Waals surface area contributed by atoms with Crippen LogP contribution >= 0.6 is 23.1 Å². The van der Waals surface area contributed by atoms with Crippen molar-refractivity contribution in [1.29, 1.82) is 0 Å². The van der Waals surface area contributed by atoms with Crippen LogP contribution in [0.2, 0.25) is 0 Å². The molecule has 1 atom stereocenters. The number of carbonyl (C=O) groups is 1. The Kier molecular flexibility index (Phi) is 5.99. The van der Waals surface area contributed by atoms with Crippen LogP contribution < -0.4 is 10.9 Å². The molecule has 0 saturated carbocycles. The highest BCUT2D eigenvalue weighted by Crippen LogP contribution is 2.25. The minimum Gasteiger partial charge on any atom is -0.376 e. The molecule has 0 radical (unpaired) electrons. The summed E-state index contributed by atoms with van der Waals surface area (Å²) in [5.41, 5.74) is 2.68. The molecule has 1 saturated heterocycles. The van der Waals surface area contributed by atoms with Gasteiger partial charge in [0.1, 0.15) is 4.70 Å². The van der Waals surface area contributed by atoms with Crippen molar-refractivity contribution in [2.75, 3.05) is 17.7 Å². The second kappa shape index (κ2) is 9.05. The normalized spacial score (nSPS) is 16.2. The number of thiophene rings is 1. The van der Waals surface area contributed by atoms with Crippen molar-refractivity contribution in [1.82, 2.24) is 19.2 Å². The molecular formula is C22H23N5O3S2. The molecule has 1 aliphatic heterocycles. The Hall–Kier alpha value is -2.69. The van der Waals surface area contributed by atoms with Crippen LogP contribution in [-0.4, -0.2) is 43.5 Å². The van der Waals surface area contributed by atoms with Crippen LogP contribution in [0, 0.1) is 0 Å². The zero-order valence-electron chi connectivity index (χ0n) is 17.6. The summed E-state index contributed by atoms with van der Waals surface area (Å²) in [7, 11) is 0.